The van der Waals surface area contributed by atoms with Crippen LogP contribution >= 0.6 is 11.6 Å². The fourth-order valence-corrected chi connectivity index (χ4v) is 2.82. The van der Waals surface area contributed by atoms with Gasteiger partial charge >= 0.3 is 0 Å². The normalized spacial score (nSPS) is 18.1. The molecule has 1 atom stereocenters. The number of furan rings is 1. The van der Waals surface area contributed by atoms with E-state index in [4.69, 9.17) is 16.0 Å². The Morgan fingerprint density at radius 3 is 2.75 bits per heavy atom. The van der Waals surface area contributed by atoms with Crippen molar-refractivity contribution >= 4 is 11.6 Å². The summed E-state index contributed by atoms with van der Waals surface area (Å²) in [7, 11) is 0. The summed E-state index contributed by atoms with van der Waals surface area (Å²) in [6.45, 7) is 3.47. The first kappa shape index (κ1) is 13.6. The second kappa shape index (κ2) is 5.95. The van der Waals surface area contributed by atoms with E-state index in [2.05, 4.69) is 10.2 Å². The molecule has 2 heterocycles. The number of hydrogen-bond acceptors (Lipinski definition) is 3. The summed E-state index contributed by atoms with van der Waals surface area (Å²) in [5.74, 6) is 0.488. The second-order valence-electron chi connectivity index (χ2n) is 4.87. The summed E-state index contributed by atoms with van der Waals surface area (Å²) in [5, 5.41) is 3.84. The molecular formula is C15H16ClFN2O. The molecule has 3 nitrogen and oxygen atoms in total. The average molecular weight is 295 g/mol. The summed E-state index contributed by atoms with van der Waals surface area (Å²) < 4.78 is 19.8. The summed E-state index contributed by atoms with van der Waals surface area (Å²) in [6.07, 6.45) is 1.62. The van der Waals surface area contributed by atoms with Crippen LogP contribution in [0.1, 0.15) is 17.4 Å². The number of hydrogen-bond donors (Lipinski definition) is 1. The maximum Gasteiger partial charge on any atom is 0.128 e. The predicted molar refractivity (Wildman–Crippen MR) is 76.4 cm³/mol. The standard InChI is InChI=1S/C15H16ClFN2O/c16-11-3-4-13(17)12(10-11)15(14-2-1-9-20-14)19-7-5-18-6-8-19/h1-4,9-10,15,18H,5-8H2/t15-/m0/s1. The van der Waals surface area contributed by atoms with E-state index >= 15 is 0 Å². The molecule has 0 amide bonds. The van der Waals surface area contributed by atoms with Crippen LogP contribution in [0.15, 0.2) is 41.0 Å². The Morgan fingerprint density at radius 1 is 1.25 bits per heavy atom. The lowest BCUT2D eigenvalue weighted by Gasteiger charge is -2.34. The van der Waals surface area contributed by atoms with Gasteiger partial charge in [-0.25, -0.2) is 4.39 Å². The Morgan fingerprint density at radius 2 is 2.05 bits per heavy atom. The number of halogens is 2. The van der Waals surface area contributed by atoms with Crippen LogP contribution in [0.4, 0.5) is 4.39 Å². The molecule has 2 aromatic rings. The quantitative estimate of drug-likeness (QED) is 0.943. The van der Waals surface area contributed by atoms with Gasteiger partial charge in [0.25, 0.3) is 0 Å². The Bertz CT molecular complexity index is 567. The lowest BCUT2D eigenvalue weighted by molar-refractivity contribution is 0.177. The predicted octanol–water partition coefficient (Wildman–Crippen LogP) is 3.07. The van der Waals surface area contributed by atoms with Crippen LogP contribution in [0.2, 0.25) is 5.02 Å². The minimum absolute atomic E-state index is 0.231. The average Bonchev–Trinajstić information content (AvgIpc) is 2.98. The van der Waals surface area contributed by atoms with Crippen molar-refractivity contribution in [2.75, 3.05) is 26.2 Å². The molecule has 0 aliphatic carbocycles. The fourth-order valence-electron chi connectivity index (χ4n) is 2.64. The second-order valence-corrected chi connectivity index (χ2v) is 5.31. The number of benzene rings is 1. The smallest absolute Gasteiger partial charge is 0.128 e. The lowest BCUT2D eigenvalue weighted by Crippen LogP contribution is -2.45. The molecule has 0 bridgehead atoms. The molecule has 0 spiro atoms. The highest BCUT2D eigenvalue weighted by atomic mass is 35.5. The van der Waals surface area contributed by atoms with Crippen molar-refractivity contribution in [1.29, 1.82) is 0 Å². The molecule has 3 rings (SSSR count). The largest absolute Gasteiger partial charge is 0.467 e. The summed E-state index contributed by atoms with van der Waals surface area (Å²) in [6, 6.07) is 8.14. The van der Waals surface area contributed by atoms with Crippen LogP contribution in [0, 0.1) is 5.82 Å². The van der Waals surface area contributed by atoms with Crippen molar-refractivity contribution < 1.29 is 8.81 Å². The van der Waals surface area contributed by atoms with Crippen LogP contribution < -0.4 is 5.32 Å². The molecule has 0 radical (unpaired) electrons. The minimum atomic E-state index is -0.255. The van der Waals surface area contributed by atoms with Gasteiger partial charge < -0.3 is 9.73 Å². The summed E-state index contributed by atoms with van der Waals surface area (Å²) in [5.41, 5.74) is 0.564. The van der Waals surface area contributed by atoms with Gasteiger partial charge in [-0.05, 0) is 30.3 Å². The molecule has 0 unspecified atom stereocenters. The van der Waals surface area contributed by atoms with Gasteiger partial charge in [0.2, 0.25) is 0 Å². The van der Waals surface area contributed by atoms with Crippen LogP contribution in [-0.2, 0) is 0 Å². The Labute approximate surface area is 122 Å². The molecule has 1 saturated heterocycles. The summed E-state index contributed by atoms with van der Waals surface area (Å²) in [4.78, 5) is 2.21. The fraction of sp³-hybridized carbons (Fsp3) is 0.333. The third-order valence-electron chi connectivity index (χ3n) is 3.58. The van der Waals surface area contributed by atoms with Gasteiger partial charge in [-0.1, -0.05) is 11.6 Å². The highest BCUT2D eigenvalue weighted by molar-refractivity contribution is 6.30. The van der Waals surface area contributed by atoms with Gasteiger partial charge in [0.05, 0.1) is 12.3 Å². The third kappa shape index (κ3) is 2.73. The van der Waals surface area contributed by atoms with Crippen molar-refractivity contribution in [1.82, 2.24) is 10.2 Å². The van der Waals surface area contributed by atoms with Crippen molar-refractivity contribution in [2.24, 2.45) is 0 Å². The number of piperazine rings is 1. The molecule has 0 saturated carbocycles. The molecule has 20 heavy (non-hydrogen) atoms. The molecule has 1 aromatic heterocycles. The highest BCUT2D eigenvalue weighted by Gasteiger charge is 2.28. The number of nitrogens with zero attached hydrogens (tertiary/aromatic N) is 1. The first-order valence-electron chi connectivity index (χ1n) is 6.69. The first-order valence-corrected chi connectivity index (χ1v) is 7.06. The molecule has 106 valence electrons. The van der Waals surface area contributed by atoms with Crippen LogP contribution in [0.3, 0.4) is 0 Å². The maximum atomic E-state index is 14.2. The van der Waals surface area contributed by atoms with Crippen LogP contribution in [0.5, 0.6) is 0 Å². The van der Waals surface area contributed by atoms with E-state index < -0.39 is 0 Å². The monoisotopic (exact) mass is 294 g/mol. The van der Waals surface area contributed by atoms with Gasteiger partial charge in [0, 0.05) is 36.8 Å². The van der Waals surface area contributed by atoms with E-state index in [-0.39, 0.29) is 11.9 Å². The van der Waals surface area contributed by atoms with Gasteiger partial charge in [0.1, 0.15) is 11.6 Å². The Hall–Kier alpha value is -1.36. The Kier molecular flexibility index (Phi) is 4.05. The van der Waals surface area contributed by atoms with Gasteiger partial charge in [-0.15, -0.1) is 0 Å². The van der Waals surface area contributed by atoms with Crippen molar-refractivity contribution in [3.8, 4) is 0 Å². The molecule has 5 heteroatoms. The van der Waals surface area contributed by atoms with Crippen molar-refractivity contribution in [3.63, 3.8) is 0 Å². The van der Waals surface area contributed by atoms with E-state index in [0.717, 1.165) is 31.9 Å². The van der Waals surface area contributed by atoms with Crippen molar-refractivity contribution in [3.05, 3.63) is 58.8 Å². The molecule has 1 aliphatic rings. The SMILES string of the molecule is Fc1ccc(Cl)cc1[C@@H](c1ccco1)N1CCNCC1. The molecule has 1 N–H and O–H groups in total. The van der Waals surface area contributed by atoms with E-state index in [1.54, 1.807) is 18.4 Å². The number of rotatable bonds is 3. The van der Waals surface area contributed by atoms with Gasteiger partial charge in [-0.3, -0.25) is 4.90 Å². The van der Waals surface area contributed by atoms with Gasteiger partial charge in [0.15, 0.2) is 0 Å². The molecule has 1 fully saturated rings. The van der Waals surface area contributed by atoms with Gasteiger partial charge in [-0.2, -0.15) is 0 Å². The topological polar surface area (TPSA) is 28.4 Å². The lowest BCUT2D eigenvalue weighted by atomic mass is 10.0. The zero-order valence-electron chi connectivity index (χ0n) is 11.0. The highest BCUT2D eigenvalue weighted by Crippen LogP contribution is 2.32. The third-order valence-corrected chi connectivity index (χ3v) is 3.82. The van der Waals surface area contributed by atoms with E-state index in [9.17, 15) is 4.39 Å². The van der Waals surface area contributed by atoms with E-state index in [1.807, 2.05) is 12.1 Å². The Balaban J connectivity index is 2.02. The van der Waals surface area contributed by atoms with E-state index in [0.29, 0.717) is 10.6 Å². The van der Waals surface area contributed by atoms with E-state index in [1.165, 1.54) is 6.07 Å². The molecule has 1 aliphatic heterocycles. The maximum absolute atomic E-state index is 14.2. The summed E-state index contributed by atoms with van der Waals surface area (Å²) >= 11 is 6.03. The molecular weight excluding hydrogens is 279 g/mol. The van der Waals surface area contributed by atoms with Crippen LogP contribution in [-0.4, -0.2) is 31.1 Å². The van der Waals surface area contributed by atoms with Crippen LogP contribution in [0.25, 0.3) is 0 Å². The zero-order chi connectivity index (χ0) is 13.9. The minimum Gasteiger partial charge on any atom is -0.467 e. The zero-order valence-corrected chi connectivity index (χ0v) is 11.7. The number of nitrogens with one attached hydrogen (secondary N) is 1. The van der Waals surface area contributed by atoms with Crippen molar-refractivity contribution in [2.45, 2.75) is 6.04 Å². The molecule has 1 aromatic carbocycles. The first-order chi connectivity index (χ1) is 9.75.